The van der Waals surface area contributed by atoms with Crippen molar-refractivity contribution in [1.29, 1.82) is 0 Å². The predicted molar refractivity (Wildman–Crippen MR) is 65.2 cm³/mol. The first kappa shape index (κ1) is 10.5. The maximum absolute atomic E-state index is 5.58. The van der Waals surface area contributed by atoms with Crippen LogP contribution < -0.4 is 10.6 Å². The van der Waals surface area contributed by atoms with Crippen LogP contribution in [0.1, 0.15) is 13.8 Å². The Morgan fingerprint density at radius 2 is 2.33 bits per heavy atom. The van der Waals surface area contributed by atoms with Gasteiger partial charge in [-0.1, -0.05) is 0 Å². The van der Waals surface area contributed by atoms with Gasteiger partial charge in [0.1, 0.15) is 5.82 Å². The minimum atomic E-state index is 0.290. The van der Waals surface area contributed by atoms with Crippen LogP contribution in [0.25, 0.3) is 0 Å². The number of hydrogen-bond acceptors (Lipinski definition) is 5. The maximum Gasteiger partial charge on any atom is 0.221 e. The van der Waals surface area contributed by atoms with E-state index in [9.17, 15) is 0 Å². The number of nitrogen functional groups attached to an aromatic ring is 1. The quantitative estimate of drug-likeness (QED) is 0.781. The molecule has 1 aliphatic heterocycles. The molecule has 0 bridgehead atoms. The summed E-state index contributed by atoms with van der Waals surface area (Å²) in [6, 6.07) is 1.92. The molecule has 1 aromatic rings. The zero-order chi connectivity index (χ0) is 10.9. The molecule has 4 nitrogen and oxygen atoms in total. The third-order valence-corrected chi connectivity index (χ3v) is 3.71. The van der Waals surface area contributed by atoms with Gasteiger partial charge in [-0.25, -0.2) is 4.98 Å². The minimum absolute atomic E-state index is 0.290. The number of nitrogens with two attached hydrogens (primary N) is 1. The molecule has 0 amide bonds. The SMILES string of the molecule is CC1(C)CN(c2ccnc(N)n2)CCS1. The van der Waals surface area contributed by atoms with E-state index < -0.39 is 0 Å². The number of nitrogens with zero attached hydrogens (tertiary/aromatic N) is 3. The van der Waals surface area contributed by atoms with Crippen molar-refractivity contribution in [2.24, 2.45) is 0 Å². The molecule has 1 aliphatic rings. The second-order valence-electron chi connectivity index (χ2n) is 4.30. The van der Waals surface area contributed by atoms with Gasteiger partial charge in [-0.2, -0.15) is 16.7 Å². The maximum atomic E-state index is 5.58. The number of aromatic nitrogens is 2. The van der Waals surface area contributed by atoms with E-state index in [2.05, 4.69) is 28.7 Å². The van der Waals surface area contributed by atoms with Crippen LogP contribution in [0.15, 0.2) is 12.3 Å². The molecule has 0 atom stereocenters. The summed E-state index contributed by atoms with van der Waals surface area (Å²) in [4.78, 5) is 10.4. The van der Waals surface area contributed by atoms with Gasteiger partial charge in [-0.3, -0.25) is 0 Å². The number of hydrogen-bond donors (Lipinski definition) is 1. The molecular weight excluding hydrogens is 208 g/mol. The third kappa shape index (κ3) is 2.53. The lowest BCUT2D eigenvalue weighted by molar-refractivity contribution is 0.642. The first-order valence-electron chi connectivity index (χ1n) is 5.04. The molecule has 0 spiro atoms. The van der Waals surface area contributed by atoms with E-state index in [1.807, 2.05) is 17.8 Å². The van der Waals surface area contributed by atoms with Gasteiger partial charge >= 0.3 is 0 Å². The lowest BCUT2D eigenvalue weighted by Gasteiger charge is -2.38. The Balaban J connectivity index is 2.17. The van der Waals surface area contributed by atoms with Crippen molar-refractivity contribution >= 4 is 23.5 Å². The van der Waals surface area contributed by atoms with E-state index in [-0.39, 0.29) is 4.75 Å². The van der Waals surface area contributed by atoms with Crippen LogP contribution in [0.2, 0.25) is 0 Å². The molecule has 1 fully saturated rings. The molecule has 1 aromatic heterocycles. The zero-order valence-corrected chi connectivity index (χ0v) is 9.92. The number of anilines is 2. The average Bonchev–Trinajstić information content (AvgIpc) is 2.16. The Morgan fingerprint density at radius 1 is 1.53 bits per heavy atom. The van der Waals surface area contributed by atoms with Crippen LogP contribution >= 0.6 is 11.8 Å². The van der Waals surface area contributed by atoms with Crippen molar-refractivity contribution in [2.75, 3.05) is 29.5 Å². The Morgan fingerprint density at radius 3 is 3.00 bits per heavy atom. The highest BCUT2D eigenvalue weighted by atomic mass is 32.2. The predicted octanol–water partition coefficient (Wildman–Crippen LogP) is 1.39. The highest BCUT2D eigenvalue weighted by Crippen LogP contribution is 2.31. The van der Waals surface area contributed by atoms with Gasteiger partial charge in [-0.05, 0) is 19.9 Å². The summed E-state index contributed by atoms with van der Waals surface area (Å²) >= 11 is 2.01. The Kier molecular flexibility index (Phi) is 2.73. The van der Waals surface area contributed by atoms with Gasteiger partial charge in [0.15, 0.2) is 0 Å². The van der Waals surface area contributed by atoms with Crippen LogP contribution in [0.5, 0.6) is 0 Å². The van der Waals surface area contributed by atoms with Crippen molar-refractivity contribution in [2.45, 2.75) is 18.6 Å². The van der Waals surface area contributed by atoms with Gasteiger partial charge in [0.25, 0.3) is 0 Å². The fraction of sp³-hybridized carbons (Fsp3) is 0.600. The Bertz CT molecular complexity index is 353. The van der Waals surface area contributed by atoms with Crippen LogP contribution in [-0.4, -0.2) is 33.6 Å². The van der Waals surface area contributed by atoms with Gasteiger partial charge in [-0.15, -0.1) is 0 Å². The summed E-state index contributed by atoms with van der Waals surface area (Å²) < 4.78 is 0.290. The summed E-state index contributed by atoms with van der Waals surface area (Å²) in [6.07, 6.45) is 1.71. The van der Waals surface area contributed by atoms with Crippen molar-refractivity contribution in [1.82, 2.24) is 9.97 Å². The van der Waals surface area contributed by atoms with E-state index >= 15 is 0 Å². The van der Waals surface area contributed by atoms with Crippen LogP contribution in [0.4, 0.5) is 11.8 Å². The largest absolute Gasteiger partial charge is 0.368 e. The summed E-state index contributed by atoms with van der Waals surface area (Å²) in [5, 5.41) is 0. The minimum Gasteiger partial charge on any atom is -0.368 e. The monoisotopic (exact) mass is 224 g/mol. The van der Waals surface area contributed by atoms with E-state index in [1.165, 1.54) is 0 Å². The molecule has 2 rings (SSSR count). The number of rotatable bonds is 1. The van der Waals surface area contributed by atoms with Crippen molar-refractivity contribution in [3.63, 3.8) is 0 Å². The van der Waals surface area contributed by atoms with Crippen LogP contribution in [0.3, 0.4) is 0 Å². The first-order chi connectivity index (χ1) is 7.07. The molecular formula is C10H16N4S. The summed E-state index contributed by atoms with van der Waals surface area (Å²) in [6.45, 7) is 6.56. The molecule has 5 heteroatoms. The first-order valence-corrected chi connectivity index (χ1v) is 6.03. The Hall–Kier alpha value is -0.970. The highest BCUT2D eigenvalue weighted by molar-refractivity contribution is 8.00. The molecule has 0 aromatic carbocycles. The fourth-order valence-electron chi connectivity index (χ4n) is 1.75. The van der Waals surface area contributed by atoms with E-state index in [4.69, 9.17) is 5.73 Å². The molecule has 0 radical (unpaired) electrons. The normalized spacial score (nSPS) is 20.3. The average molecular weight is 224 g/mol. The lowest BCUT2D eigenvalue weighted by Crippen LogP contribution is -2.43. The van der Waals surface area contributed by atoms with E-state index in [0.29, 0.717) is 5.95 Å². The second-order valence-corrected chi connectivity index (χ2v) is 6.10. The van der Waals surface area contributed by atoms with Gasteiger partial charge in [0.05, 0.1) is 0 Å². The van der Waals surface area contributed by atoms with Crippen molar-refractivity contribution < 1.29 is 0 Å². The zero-order valence-electron chi connectivity index (χ0n) is 9.10. The molecule has 15 heavy (non-hydrogen) atoms. The lowest BCUT2D eigenvalue weighted by atomic mass is 10.2. The summed E-state index contributed by atoms with van der Waals surface area (Å²) in [5.74, 6) is 2.43. The van der Waals surface area contributed by atoms with E-state index in [1.54, 1.807) is 6.20 Å². The molecule has 0 aliphatic carbocycles. The van der Waals surface area contributed by atoms with Gasteiger partial charge in [0, 0.05) is 29.8 Å². The molecule has 2 heterocycles. The van der Waals surface area contributed by atoms with Crippen LogP contribution in [0, 0.1) is 0 Å². The standard InChI is InChI=1S/C10H16N4S/c1-10(2)7-14(5-6-15-10)8-3-4-12-9(11)13-8/h3-4H,5-7H2,1-2H3,(H2,11,12,13). The highest BCUT2D eigenvalue weighted by Gasteiger charge is 2.27. The third-order valence-electron chi connectivity index (χ3n) is 2.41. The van der Waals surface area contributed by atoms with Crippen molar-refractivity contribution in [3.05, 3.63) is 12.3 Å². The Labute approximate surface area is 94.3 Å². The van der Waals surface area contributed by atoms with Crippen molar-refractivity contribution in [3.8, 4) is 0 Å². The molecule has 2 N–H and O–H groups in total. The smallest absolute Gasteiger partial charge is 0.221 e. The molecule has 0 saturated carbocycles. The fourth-order valence-corrected chi connectivity index (χ4v) is 2.86. The molecule has 1 saturated heterocycles. The summed E-state index contributed by atoms with van der Waals surface area (Å²) in [7, 11) is 0. The number of thioether (sulfide) groups is 1. The topological polar surface area (TPSA) is 55.0 Å². The molecule has 82 valence electrons. The summed E-state index contributed by atoms with van der Waals surface area (Å²) in [5.41, 5.74) is 5.58. The van der Waals surface area contributed by atoms with Gasteiger partial charge in [0.2, 0.25) is 5.95 Å². The van der Waals surface area contributed by atoms with Gasteiger partial charge < -0.3 is 10.6 Å². The van der Waals surface area contributed by atoms with E-state index in [0.717, 1.165) is 24.7 Å². The molecule has 0 unspecified atom stereocenters. The second kappa shape index (κ2) is 3.89. The van der Waals surface area contributed by atoms with Crippen LogP contribution in [-0.2, 0) is 0 Å².